The number of nitrogens with one attached hydrogen (secondary N) is 1. The summed E-state index contributed by atoms with van der Waals surface area (Å²) in [6.45, 7) is 6.20. The van der Waals surface area contributed by atoms with Crippen LogP contribution in [0, 0.1) is 5.92 Å². The lowest BCUT2D eigenvalue weighted by molar-refractivity contribution is -0.133. The van der Waals surface area contributed by atoms with Crippen LogP contribution in [0.2, 0.25) is 0 Å². The van der Waals surface area contributed by atoms with E-state index < -0.39 is 6.04 Å². The highest BCUT2D eigenvalue weighted by Gasteiger charge is 2.27. The van der Waals surface area contributed by atoms with Crippen molar-refractivity contribution in [1.82, 2.24) is 14.9 Å². The van der Waals surface area contributed by atoms with Crippen LogP contribution in [0.15, 0.2) is 10.9 Å². The zero-order valence-electron chi connectivity index (χ0n) is 12.4. The first-order valence-corrected chi connectivity index (χ1v) is 7.04. The predicted octanol–water partition coefficient (Wildman–Crippen LogP) is -1.02. The zero-order chi connectivity index (χ0) is 15.6. The topological polar surface area (TPSA) is 121 Å². The molecule has 5 N–H and O–H groups in total. The van der Waals surface area contributed by atoms with Gasteiger partial charge in [-0.3, -0.25) is 14.6 Å². The number of nitrogens with two attached hydrogens (primary N) is 2. The maximum absolute atomic E-state index is 12.2. The van der Waals surface area contributed by atoms with E-state index in [0.29, 0.717) is 32.0 Å². The molecule has 0 bridgehead atoms. The number of hydrogen-bond acceptors (Lipinski definition) is 6. The molecular weight excluding hydrogens is 272 g/mol. The van der Waals surface area contributed by atoms with Crippen molar-refractivity contribution in [2.24, 2.45) is 11.7 Å². The number of anilines is 2. The van der Waals surface area contributed by atoms with E-state index in [1.54, 1.807) is 4.90 Å². The predicted molar refractivity (Wildman–Crippen MR) is 80.9 cm³/mol. The number of carbonyl (C=O) groups is 1. The van der Waals surface area contributed by atoms with Gasteiger partial charge in [0.25, 0.3) is 5.56 Å². The molecule has 21 heavy (non-hydrogen) atoms. The van der Waals surface area contributed by atoms with Crippen LogP contribution >= 0.6 is 0 Å². The summed E-state index contributed by atoms with van der Waals surface area (Å²) in [7, 11) is 0. The SMILES string of the molecule is CC(C)[C@@H](N)C(=O)N1CCN(c2cc(=O)[nH]c(N)n2)CC1. The van der Waals surface area contributed by atoms with Gasteiger partial charge < -0.3 is 21.3 Å². The molecule has 0 radical (unpaired) electrons. The van der Waals surface area contributed by atoms with Gasteiger partial charge in [0.05, 0.1) is 6.04 Å². The summed E-state index contributed by atoms with van der Waals surface area (Å²) in [5.41, 5.74) is 11.2. The van der Waals surface area contributed by atoms with E-state index in [4.69, 9.17) is 11.5 Å². The summed E-state index contributed by atoms with van der Waals surface area (Å²) in [6.07, 6.45) is 0. The molecule has 2 rings (SSSR count). The molecular formula is C13H22N6O2. The van der Waals surface area contributed by atoms with Crippen molar-refractivity contribution in [1.29, 1.82) is 0 Å². The summed E-state index contributed by atoms with van der Waals surface area (Å²) >= 11 is 0. The second-order valence-electron chi connectivity index (χ2n) is 5.57. The fraction of sp³-hybridized carbons (Fsp3) is 0.615. The Hall–Kier alpha value is -2.09. The largest absolute Gasteiger partial charge is 0.369 e. The monoisotopic (exact) mass is 294 g/mol. The summed E-state index contributed by atoms with van der Waals surface area (Å²) in [6, 6.07) is 0.943. The van der Waals surface area contributed by atoms with E-state index in [1.165, 1.54) is 6.07 Å². The molecule has 0 aromatic carbocycles. The number of H-pyrrole nitrogens is 1. The van der Waals surface area contributed by atoms with Crippen LogP contribution < -0.4 is 21.9 Å². The lowest BCUT2D eigenvalue weighted by Gasteiger charge is -2.36. The van der Waals surface area contributed by atoms with E-state index in [0.717, 1.165) is 0 Å². The fourth-order valence-electron chi connectivity index (χ4n) is 2.28. The number of hydrogen-bond donors (Lipinski definition) is 3. The van der Waals surface area contributed by atoms with E-state index >= 15 is 0 Å². The van der Waals surface area contributed by atoms with Crippen molar-refractivity contribution in [3.05, 3.63) is 16.4 Å². The third-order valence-electron chi connectivity index (χ3n) is 3.67. The Labute approximate surface area is 123 Å². The van der Waals surface area contributed by atoms with Gasteiger partial charge in [-0.05, 0) is 5.92 Å². The lowest BCUT2D eigenvalue weighted by atomic mass is 10.0. The highest BCUT2D eigenvalue weighted by molar-refractivity contribution is 5.82. The molecule has 2 heterocycles. The first-order chi connectivity index (χ1) is 9.88. The Morgan fingerprint density at radius 1 is 1.33 bits per heavy atom. The Bertz CT molecular complexity index is 562. The quantitative estimate of drug-likeness (QED) is 0.656. The van der Waals surface area contributed by atoms with Crippen molar-refractivity contribution in [3.63, 3.8) is 0 Å². The highest BCUT2D eigenvalue weighted by atomic mass is 16.2. The maximum Gasteiger partial charge on any atom is 0.254 e. The van der Waals surface area contributed by atoms with Gasteiger partial charge in [-0.1, -0.05) is 13.8 Å². The van der Waals surface area contributed by atoms with Crippen molar-refractivity contribution in [2.45, 2.75) is 19.9 Å². The molecule has 1 aromatic rings. The van der Waals surface area contributed by atoms with Gasteiger partial charge in [-0.15, -0.1) is 0 Å². The number of nitrogens with zero attached hydrogens (tertiary/aromatic N) is 3. The number of amides is 1. The molecule has 116 valence electrons. The normalized spacial score (nSPS) is 17.1. The minimum absolute atomic E-state index is 0.0250. The highest BCUT2D eigenvalue weighted by Crippen LogP contribution is 2.13. The molecule has 1 fully saturated rings. The average Bonchev–Trinajstić information content (AvgIpc) is 2.44. The van der Waals surface area contributed by atoms with Gasteiger partial charge in [-0.2, -0.15) is 4.98 Å². The van der Waals surface area contributed by atoms with Gasteiger partial charge >= 0.3 is 0 Å². The molecule has 0 unspecified atom stereocenters. The Kier molecular flexibility index (Phi) is 4.46. The number of aromatic amines is 1. The Balaban J connectivity index is 2.00. The Morgan fingerprint density at radius 2 is 1.95 bits per heavy atom. The van der Waals surface area contributed by atoms with Crippen molar-refractivity contribution in [2.75, 3.05) is 36.8 Å². The summed E-state index contributed by atoms with van der Waals surface area (Å²) in [4.78, 5) is 33.8. The number of aromatic nitrogens is 2. The van der Waals surface area contributed by atoms with Crippen LogP contribution in [0.3, 0.4) is 0 Å². The molecule has 0 saturated carbocycles. The number of rotatable bonds is 3. The number of piperazine rings is 1. The molecule has 1 aliphatic rings. The van der Waals surface area contributed by atoms with Crippen LogP contribution in [0.25, 0.3) is 0 Å². The van der Waals surface area contributed by atoms with Crippen LogP contribution in [0.4, 0.5) is 11.8 Å². The number of carbonyl (C=O) groups excluding carboxylic acids is 1. The molecule has 0 spiro atoms. The standard InChI is InChI=1S/C13H22N6O2/c1-8(2)11(14)12(21)19-5-3-18(4-6-19)9-7-10(20)17-13(15)16-9/h7-8,11H,3-6,14H2,1-2H3,(H3,15,16,17,20)/t11-/m1/s1. The molecule has 0 aliphatic carbocycles. The third kappa shape index (κ3) is 3.52. The van der Waals surface area contributed by atoms with Crippen molar-refractivity contribution >= 4 is 17.7 Å². The maximum atomic E-state index is 12.2. The molecule has 1 aromatic heterocycles. The fourth-order valence-corrected chi connectivity index (χ4v) is 2.28. The molecule has 8 heteroatoms. The molecule has 1 atom stereocenters. The number of nitrogen functional groups attached to an aromatic ring is 1. The van der Waals surface area contributed by atoms with Gasteiger partial charge in [0.15, 0.2) is 0 Å². The van der Waals surface area contributed by atoms with Crippen LogP contribution in [-0.2, 0) is 4.79 Å². The molecule has 8 nitrogen and oxygen atoms in total. The minimum Gasteiger partial charge on any atom is -0.369 e. The smallest absolute Gasteiger partial charge is 0.254 e. The third-order valence-corrected chi connectivity index (χ3v) is 3.67. The second-order valence-corrected chi connectivity index (χ2v) is 5.57. The van der Waals surface area contributed by atoms with Gasteiger partial charge in [-0.25, -0.2) is 0 Å². The Morgan fingerprint density at radius 3 is 2.48 bits per heavy atom. The molecule has 1 saturated heterocycles. The van der Waals surface area contributed by atoms with Gasteiger partial charge in [0, 0.05) is 32.2 Å². The molecule has 1 aliphatic heterocycles. The van der Waals surface area contributed by atoms with Crippen LogP contribution in [0.5, 0.6) is 0 Å². The van der Waals surface area contributed by atoms with Crippen molar-refractivity contribution in [3.8, 4) is 0 Å². The first-order valence-electron chi connectivity index (χ1n) is 7.04. The van der Waals surface area contributed by atoms with E-state index in [1.807, 2.05) is 18.7 Å². The van der Waals surface area contributed by atoms with Crippen molar-refractivity contribution < 1.29 is 4.79 Å². The second kappa shape index (κ2) is 6.13. The van der Waals surface area contributed by atoms with E-state index in [9.17, 15) is 9.59 Å². The minimum atomic E-state index is -0.468. The molecule has 1 amide bonds. The van der Waals surface area contributed by atoms with Crippen LogP contribution in [-0.4, -0.2) is 53.0 Å². The van der Waals surface area contributed by atoms with E-state index in [-0.39, 0.29) is 23.3 Å². The summed E-state index contributed by atoms with van der Waals surface area (Å²) < 4.78 is 0. The summed E-state index contributed by atoms with van der Waals surface area (Å²) in [5, 5.41) is 0. The summed E-state index contributed by atoms with van der Waals surface area (Å²) in [5.74, 6) is 0.724. The van der Waals surface area contributed by atoms with Crippen LogP contribution in [0.1, 0.15) is 13.8 Å². The zero-order valence-corrected chi connectivity index (χ0v) is 12.4. The van der Waals surface area contributed by atoms with Gasteiger partial charge in [0.2, 0.25) is 11.9 Å². The van der Waals surface area contributed by atoms with Gasteiger partial charge in [0.1, 0.15) is 5.82 Å². The average molecular weight is 294 g/mol. The first kappa shape index (κ1) is 15.3. The van der Waals surface area contributed by atoms with E-state index in [2.05, 4.69) is 9.97 Å². The lowest BCUT2D eigenvalue weighted by Crippen LogP contribution is -2.54.